The molecule has 1 rings (SSSR count). The lowest BCUT2D eigenvalue weighted by atomic mass is 10.2. The zero-order valence-corrected chi connectivity index (χ0v) is 11.1. The minimum atomic E-state index is 0.253. The third-order valence-electron chi connectivity index (χ3n) is 2.08. The number of hydrogen-bond acceptors (Lipinski definition) is 3. The van der Waals surface area contributed by atoms with Gasteiger partial charge in [-0.1, -0.05) is 28.9 Å². The quantitative estimate of drug-likeness (QED) is 0.820. The van der Waals surface area contributed by atoms with Crippen LogP contribution in [-0.2, 0) is 5.75 Å². The highest BCUT2D eigenvalue weighted by atomic mass is 79.9. The summed E-state index contributed by atoms with van der Waals surface area (Å²) in [5.74, 6) is 2.22. The van der Waals surface area contributed by atoms with Crippen molar-refractivity contribution < 1.29 is 5.11 Å². The van der Waals surface area contributed by atoms with E-state index in [1.165, 1.54) is 0 Å². The first-order valence-corrected chi connectivity index (χ1v) is 6.80. The van der Waals surface area contributed by atoms with Gasteiger partial charge < -0.3 is 10.8 Å². The number of hydrogen-bond donors (Lipinski definition) is 2. The molecule has 4 heteroatoms. The molecule has 0 fully saturated rings. The summed E-state index contributed by atoms with van der Waals surface area (Å²) < 4.78 is 1.01. The maximum absolute atomic E-state index is 8.88. The first-order valence-electron chi connectivity index (χ1n) is 4.86. The Morgan fingerprint density at radius 2 is 2.27 bits per heavy atom. The number of nitrogens with two attached hydrogens (primary N) is 1. The first-order chi connectivity index (χ1) is 7.13. The van der Waals surface area contributed by atoms with Crippen LogP contribution in [0.2, 0.25) is 0 Å². The van der Waals surface area contributed by atoms with E-state index in [0.29, 0.717) is 5.92 Å². The second-order valence-corrected chi connectivity index (χ2v) is 5.59. The van der Waals surface area contributed by atoms with Crippen molar-refractivity contribution in [2.24, 2.45) is 5.92 Å². The van der Waals surface area contributed by atoms with Gasteiger partial charge in [0.15, 0.2) is 0 Å². The second kappa shape index (κ2) is 6.40. The minimum absolute atomic E-state index is 0.253. The fourth-order valence-corrected chi connectivity index (χ4v) is 2.61. The summed E-state index contributed by atoms with van der Waals surface area (Å²) in [6, 6.07) is 5.96. The van der Waals surface area contributed by atoms with E-state index >= 15 is 0 Å². The van der Waals surface area contributed by atoms with E-state index in [-0.39, 0.29) is 6.61 Å². The van der Waals surface area contributed by atoms with Crippen LogP contribution >= 0.6 is 27.7 Å². The molecule has 1 aromatic rings. The molecule has 0 aliphatic carbocycles. The van der Waals surface area contributed by atoms with E-state index in [0.717, 1.165) is 27.2 Å². The van der Waals surface area contributed by atoms with Crippen molar-refractivity contribution in [3.05, 3.63) is 28.2 Å². The normalized spacial score (nSPS) is 12.7. The number of nitrogen functional groups attached to an aromatic ring is 1. The highest BCUT2D eigenvalue weighted by Crippen LogP contribution is 2.23. The van der Waals surface area contributed by atoms with Gasteiger partial charge in [-0.05, 0) is 29.4 Å². The Balaban J connectivity index is 2.44. The van der Waals surface area contributed by atoms with Gasteiger partial charge in [-0.3, -0.25) is 0 Å². The third-order valence-corrected chi connectivity index (χ3v) is 3.89. The zero-order valence-electron chi connectivity index (χ0n) is 8.74. The summed E-state index contributed by atoms with van der Waals surface area (Å²) in [5, 5.41) is 8.88. The Hall–Kier alpha value is -0.190. The summed E-state index contributed by atoms with van der Waals surface area (Å²) in [7, 11) is 0. The lowest BCUT2D eigenvalue weighted by molar-refractivity contribution is 0.250. The maximum Gasteiger partial charge on any atom is 0.0464 e. The molecule has 2 nitrogen and oxygen atoms in total. The average Bonchev–Trinajstić information content (AvgIpc) is 2.21. The molecule has 1 atom stereocenters. The molecule has 0 heterocycles. The van der Waals surface area contributed by atoms with Crippen LogP contribution in [0.15, 0.2) is 22.7 Å². The molecule has 0 amide bonds. The molecular weight excluding hydrogens is 274 g/mol. The van der Waals surface area contributed by atoms with Gasteiger partial charge in [-0.15, -0.1) is 0 Å². The highest BCUT2D eigenvalue weighted by molar-refractivity contribution is 9.10. The average molecular weight is 290 g/mol. The van der Waals surface area contributed by atoms with Crippen molar-refractivity contribution in [3.8, 4) is 0 Å². The number of halogens is 1. The van der Waals surface area contributed by atoms with Gasteiger partial charge in [0.25, 0.3) is 0 Å². The van der Waals surface area contributed by atoms with Gasteiger partial charge in [0.1, 0.15) is 0 Å². The van der Waals surface area contributed by atoms with E-state index in [4.69, 9.17) is 10.8 Å². The van der Waals surface area contributed by atoms with Crippen LogP contribution in [0.5, 0.6) is 0 Å². The Labute approximate surface area is 103 Å². The topological polar surface area (TPSA) is 46.2 Å². The third kappa shape index (κ3) is 4.45. The number of aliphatic hydroxyl groups excluding tert-OH is 1. The van der Waals surface area contributed by atoms with E-state index in [2.05, 4.69) is 15.9 Å². The first kappa shape index (κ1) is 12.9. The van der Waals surface area contributed by atoms with Crippen LogP contribution in [0.1, 0.15) is 12.5 Å². The molecule has 0 radical (unpaired) electrons. The molecule has 0 aromatic heterocycles. The van der Waals surface area contributed by atoms with E-state index in [1.807, 2.05) is 25.1 Å². The van der Waals surface area contributed by atoms with Gasteiger partial charge in [0.2, 0.25) is 0 Å². The van der Waals surface area contributed by atoms with Gasteiger partial charge in [0.05, 0.1) is 0 Å². The summed E-state index contributed by atoms with van der Waals surface area (Å²) >= 11 is 5.18. The molecule has 84 valence electrons. The maximum atomic E-state index is 8.88. The van der Waals surface area contributed by atoms with Crippen LogP contribution in [0.25, 0.3) is 0 Å². The fourth-order valence-electron chi connectivity index (χ4n) is 1.12. The molecule has 0 aliphatic rings. The van der Waals surface area contributed by atoms with Crippen molar-refractivity contribution in [3.63, 3.8) is 0 Å². The van der Waals surface area contributed by atoms with Crippen molar-refractivity contribution in [2.75, 3.05) is 18.1 Å². The summed E-state index contributed by atoms with van der Waals surface area (Å²) in [6.07, 6.45) is 0. The van der Waals surface area contributed by atoms with Crippen molar-refractivity contribution in [1.82, 2.24) is 0 Å². The molecule has 1 unspecified atom stereocenters. The van der Waals surface area contributed by atoms with Crippen molar-refractivity contribution in [1.29, 1.82) is 0 Å². The second-order valence-electron chi connectivity index (χ2n) is 3.65. The van der Waals surface area contributed by atoms with Crippen LogP contribution in [-0.4, -0.2) is 17.5 Å². The number of benzene rings is 1. The predicted octanol–water partition coefficient (Wildman–Crippen LogP) is 2.89. The number of anilines is 1. The summed E-state index contributed by atoms with van der Waals surface area (Å²) in [4.78, 5) is 0. The predicted molar refractivity (Wildman–Crippen MR) is 71.0 cm³/mol. The minimum Gasteiger partial charge on any atom is -0.398 e. The lowest BCUT2D eigenvalue weighted by Crippen LogP contribution is -2.03. The molecule has 0 saturated heterocycles. The van der Waals surface area contributed by atoms with E-state index in [9.17, 15) is 0 Å². The summed E-state index contributed by atoms with van der Waals surface area (Å²) in [6.45, 7) is 2.29. The van der Waals surface area contributed by atoms with Gasteiger partial charge >= 0.3 is 0 Å². The SMILES string of the molecule is CC(CO)CSCc1ccc(Br)cc1N. The molecule has 15 heavy (non-hydrogen) atoms. The van der Waals surface area contributed by atoms with Crippen LogP contribution in [0.3, 0.4) is 0 Å². The van der Waals surface area contributed by atoms with Crippen LogP contribution in [0, 0.1) is 5.92 Å². The monoisotopic (exact) mass is 289 g/mol. The van der Waals surface area contributed by atoms with Crippen molar-refractivity contribution in [2.45, 2.75) is 12.7 Å². The molecular formula is C11H16BrNOS. The fraction of sp³-hybridized carbons (Fsp3) is 0.455. The molecule has 0 aliphatic heterocycles. The lowest BCUT2D eigenvalue weighted by Gasteiger charge is -2.09. The highest BCUT2D eigenvalue weighted by Gasteiger charge is 2.03. The van der Waals surface area contributed by atoms with Crippen LogP contribution < -0.4 is 5.73 Å². The van der Waals surface area contributed by atoms with Gasteiger partial charge in [0, 0.05) is 22.5 Å². The molecule has 0 bridgehead atoms. The van der Waals surface area contributed by atoms with Gasteiger partial charge in [-0.2, -0.15) is 11.8 Å². The van der Waals surface area contributed by atoms with Gasteiger partial charge in [-0.25, -0.2) is 0 Å². The molecule has 3 N–H and O–H groups in total. The van der Waals surface area contributed by atoms with Crippen LogP contribution in [0.4, 0.5) is 5.69 Å². The smallest absolute Gasteiger partial charge is 0.0464 e. The Kier molecular flexibility index (Phi) is 5.50. The van der Waals surface area contributed by atoms with E-state index < -0.39 is 0 Å². The Morgan fingerprint density at radius 1 is 1.53 bits per heavy atom. The molecule has 0 saturated carbocycles. The molecule has 1 aromatic carbocycles. The number of rotatable bonds is 5. The Bertz CT molecular complexity index is 319. The summed E-state index contributed by atoms with van der Waals surface area (Å²) in [5.41, 5.74) is 7.87. The molecule has 0 spiro atoms. The van der Waals surface area contributed by atoms with E-state index in [1.54, 1.807) is 11.8 Å². The standard InChI is InChI=1S/C11H16BrNOS/c1-8(5-14)6-15-7-9-2-3-10(12)4-11(9)13/h2-4,8,14H,5-7,13H2,1H3. The number of aliphatic hydroxyl groups is 1. The Morgan fingerprint density at radius 3 is 2.87 bits per heavy atom. The largest absolute Gasteiger partial charge is 0.398 e. The number of thioether (sulfide) groups is 1. The van der Waals surface area contributed by atoms with Crippen molar-refractivity contribution >= 4 is 33.4 Å². The zero-order chi connectivity index (χ0) is 11.3.